The van der Waals surface area contributed by atoms with Gasteiger partial charge in [0.05, 0.1) is 0 Å². The molecular formula is C26H21N3O3. The average Bonchev–Trinajstić information content (AvgIpc) is 3.09. The fourth-order valence-corrected chi connectivity index (χ4v) is 3.58. The van der Waals surface area contributed by atoms with Crippen molar-refractivity contribution in [2.75, 3.05) is 0 Å². The Morgan fingerprint density at radius 3 is 2.03 bits per heavy atom. The zero-order valence-electron chi connectivity index (χ0n) is 17.5. The molecule has 1 atom stereocenters. The van der Waals surface area contributed by atoms with Gasteiger partial charge in [0.25, 0.3) is 11.8 Å². The van der Waals surface area contributed by atoms with Crippen LogP contribution in [0, 0.1) is 11.8 Å². The van der Waals surface area contributed by atoms with Crippen molar-refractivity contribution in [3.63, 3.8) is 0 Å². The van der Waals surface area contributed by atoms with E-state index in [2.05, 4.69) is 22.6 Å². The Hall–Kier alpha value is -4.37. The zero-order valence-corrected chi connectivity index (χ0v) is 17.5. The molecule has 6 heteroatoms. The summed E-state index contributed by atoms with van der Waals surface area (Å²) in [5.41, 5.74) is 3.84. The number of hydrazine groups is 1. The van der Waals surface area contributed by atoms with Crippen molar-refractivity contribution < 1.29 is 14.4 Å². The van der Waals surface area contributed by atoms with Gasteiger partial charge in [-0.3, -0.25) is 15.0 Å². The lowest BCUT2D eigenvalue weighted by molar-refractivity contribution is -0.133. The fourth-order valence-electron chi connectivity index (χ4n) is 3.58. The molecule has 0 spiro atoms. The van der Waals surface area contributed by atoms with Gasteiger partial charge < -0.3 is 5.32 Å². The normalized spacial score (nSPS) is 17.3. The first kappa shape index (κ1) is 20.9. The number of nitrogens with one attached hydrogen (secondary N) is 2. The standard InChI is InChI=1S/C26H21N3O3/c1-2-26(22-11-7-4-8-12-22)24(31)29(25(32)27-26)28-23(30)21-17-15-20(16-18-21)14-13-19-9-5-3-6-10-19/h3-12,15-18H,2H2,1H3,(H,27,32)(H,28,30). The Labute approximate surface area is 186 Å². The highest BCUT2D eigenvalue weighted by molar-refractivity contribution is 6.09. The van der Waals surface area contributed by atoms with Crippen LogP contribution in [0.2, 0.25) is 0 Å². The molecule has 0 aromatic heterocycles. The second-order valence-corrected chi connectivity index (χ2v) is 7.33. The molecule has 1 aliphatic rings. The van der Waals surface area contributed by atoms with Gasteiger partial charge in [-0.1, -0.05) is 67.3 Å². The van der Waals surface area contributed by atoms with Crippen molar-refractivity contribution in [3.05, 3.63) is 107 Å². The molecule has 0 bridgehead atoms. The predicted octanol–water partition coefficient (Wildman–Crippen LogP) is 3.59. The van der Waals surface area contributed by atoms with Crippen LogP contribution in [0.25, 0.3) is 0 Å². The van der Waals surface area contributed by atoms with Crippen molar-refractivity contribution >= 4 is 17.8 Å². The number of carbonyl (C=O) groups is 3. The SMILES string of the molecule is CCC1(c2ccccc2)NC(=O)N(NC(=O)c2ccc(C#Cc3ccccc3)cc2)C1=O. The van der Waals surface area contributed by atoms with Gasteiger partial charge in [0.1, 0.15) is 5.54 Å². The Bertz CT molecular complexity index is 1210. The number of imide groups is 1. The number of urea groups is 1. The van der Waals surface area contributed by atoms with E-state index in [0.29, 0.717) is 17.5 Å². The highest BCUT2D eigenvalue weighted by atomic mass is 16.2. The summed E-state index contributed by atoms with van der Waals surface area (Å²) in [6.45, 7) is 1.81. The molecular weight excluding hydrogens is 402 g/mol. The second kappa shape index (κ2) is 8.78. The largest absolute Gasteiger partial charge is 0.344 e. The van der Waals surface area contributed by atoms with Gasteiger partial charge in [-0.2, -0.15) is 5.01 Å². The monoisotopic (exact) mass is 423 g/mol. The van der Waals surface area contributed by atoms with Gasteiger partial charge in [0.2, 0.25) is 0 Å². The molecule has 6 nitrogen and oxygen atoms in total. The zero-order chi connectivity index (χ0) is 22.6. The highest BCUT2D eigenvalue weighted by Gasteiger charge is 2.52. The van der Waals surface area contributed by atoms with E-state index in [9.17, 15) is 14.4 Å². The maximum atomic E-state index is 13.1. The van der Waals surface area contributed by atoms with E-state index in [1.54, 1.807) is 48.5 Å². The van der Waals surface area contributed by atoms with Crippen molar-refractivity contribution in [2.45, 2.75) is 18.9 Å². The minimum absolute atomic E-state index is 0.310. The molecule has 1 unspecified atom stereocenters. The van der Waals surface area contributed by atoms with Crippen LogP contribution >= 0.6 is 0 Å². The van der Waals surface area contributed by atoms with Crippen molar-refractivity contribution in [2.24, 2.45) is 0 Å². The molecule has 0 saturated carbocycles. The quantitative estimate of drug-likeness (QED) is 0.497. The summed E-state index contributed by atoms with van der Waals surface area (Å²) in [7, 11) is 0. The molecule has 3 aromatic rings. The van der Waals surface area contributed by atoms with E-state index in [1.807, 2.05) is 43.3 Å². The maximum absolute atomic E-state index is 13.1. The van der Waals surface area contributed by atoms with Crippen LogP contribution in [0.4, 0.5) is 4.79 Å². The van der Waals surface area contributed by atoms with E-state index in [1.165, 1.54) is 0 Å². The molecule has 4 amide bonds. The molecule has 4 rings (SSSR count). The lowest BCUT2D eigenvalue weighted by atomic mass is 9.87. The fraction of sp³-hybridized carbons (Fsp3) is 0.115. The molecule has 0 radical (unpaired) electrons. The van der Waals surface area contributed by atoms with Crippen LogP contribution in [0.3, 0.4) is 0 Å². The Kier molecular flexibility index (Phi) is 5.73. The van der Waals surface area contributed by atoms with Gasteiger partial charge in [0.15, 0.2) is 0 Å². The summed E-state index contributed by atoms with van der Waals surface area (Å²) >= 11 is 0. The van der Waals surface area contributed by atoms with Crippen molar-refractivity contribution in [3.8, 4) is 11.8 Å². The molecule has 32 heavy (non-hydrogen) atoms. The van der Waals surface area contributed by atoms with Crippen molar-refractivity contribution in [1.82, 2.24) is 15.8 Å². The number of benzene rings is 3. The molecule has 2 N–H and O–H groups in total. The van der Waals surface area contributed by atoms with Gasteiger partial charge >= 0.3 is 6.03 Å². The van der Waals surface area contributed by atoms with Crippen LogP contribution in [-0.4, -0.2) is 22.9 Å². The Morgan fingerprint density at radius 2 is 1.44 bits per heavy atom. The maximum Gasteiger partial charge on any atom is 0.344 e. The number of amides is 4. The number of hydrogen-bond acceptors (Lipinski definition) is 3. The molecule has 1 aliphatic heterocycles. The van der Waals surface area contributed by atoms with Crippen LogP contribution < -0.4 is 10.7 Å². The summed E-state index contributed by atoms with van der Waals surface area (Å²) in [5, 5.41) is 3.49. The van der Waals surface area contributed by atoms with E-state index >= 15 is 0 Å². The smallest absolute Gasteiger partial charge is 0.318 e. The van der Waals surface area contributed by atoms with Crippen molar-refractivity contribution in [1.29, 1.82) is 0 Å². The van der Waals surface area contributed by atoms with Crippen LogP contribution in [0.15, 0.2) is 84.9 Å². The summed E-state index contributed by atoms with van der Waals surface area (Å²) in [6, 6.07) is 24.6. The topological polar surface area (TPSA) is 78.5 Å². The van der Waals surface area contributed by atoms with E-state index in [4.69, 9.17) is 0 Å². The average molecular weight is 423 g/mol. The number of carbonyl (C=O) groups excluding carboxylic acids is 3. The molecule has 1 heterocycles. The Morgan fingerprint density at radius 1 is 0.875 bits per heavy atom. The summed E-state index contributed by atoms with van der Waals surface area (Å²) in [4.78, 5) is 38.4. The van der Waals surface area contributed by atoms with Crippen LogP contribution in [-0.2, 0) is 10.3 Å². The first-order valence-corrected chi connectivity index (χ1v) is 10.2. The third-order valence-corrected chi connectivity index (χ3v) is 5.37. The number of nitrogens with zero attached hydrogens (tertiary/aromatic N) is 1. The first-order valence-electron chi connectivity index (χ1n) is 10.2. The Balaban J connectivity index is 1.49. The first-order chi connectivity index (χ1) is 15.5. The predicted molar refractivity (Wildman–Crippen MR) is 120 cm³/mol. The minimum atomic E-state index is -1.21. The highest BCUT2D eigenvalue weighted by Crippen LogP contribution is 2.31. The number of hydrogen-bond donors (Lipinski definition) is 2. The third kappa shape index (κ3) is 3.96. The molecule has 0 aliphatic carbocycles. The lowest BCUT2D eigenvalue weighted by Gasteiger charge is -2.25. The lowest BCUT2D eigenvalue weighted by Crippen LogP contribution is -2.48. The van der Waals surface area contributed by atoms with Gasteiger partial charge in [-0.25, -0.2) is 4.79 Å². The second-order valence-electron chi connectivity index (χ2n) is 7.33. The summed E-state index contributed by atoms with van der Waals surface area (Å²) in [6.07, 6.45) is 0.350. The van der Waals surface area contributed by atoms with E-state index in [0.717, 1.165) is 16.1 Å². The minimum Gasteiger partial charge on any atom is -0.318 e. The van der Waals surface area contributed by atoms with Gasteiger partial charge in [-0.05, 0) is 48.4 Å². The summed E-state index contributed by atoms with van der Waals surface area (Å²) in [5.74, 6) is 5.02. The molecule has 158 valence electrons. The molecule has 1 saturated heterocycles. The molecule has 3 aromatic carbocycles. The van der Waals surface area contributed by atoms with Gasteiger partial charge in [-0.15, -0.1) is 0 Å². The van der Waals surface area contributed by atoms with E-state index in [-0.39, 0.29) is 0 Å². The van der Waals surface area contributed by atoms with E-state index < -0.39 is 23.4 Å². The van der Waals surface area contributed by atoms with Crippen LogP contribution in [0.5, 0.6) is 0 Å². The van der Waals surface area contributed by atoms with Crippen LogP contribution in [0.1, 0.15) is 40.4 Å². The molecule has 1 fully saturated rings. The third-order valence-electron chi connectivity index (χ3n) is 5.37. The van der Waals surface area contributed by atoms with Gasteiger partial charge in [0, 0.05) is 16.7 Å². The number of rotatable bonds is 4. The summed E-state index contributed by atoms with van der Waals surface area (Å²) < 4.78 is 0.